The fourth-order valence-corrected chi connectivity index (χ4v) is 3.84. The molecule has 1 aliphatic heterocycles. The van der Waals surface area contributed by atoms with E-state index in [1.807, 2.05) is 31.5 Å². The number of nitrogens with zero attached hydrogens (tertiary/aromatic N) is 3. The smallest absolute Gasteiger partial charge is 0.191 e. The van der Waals surface area contributed by atoms with E-state index < -0.39 is 0 Å². The van der Waals surface area contributed by atoms with Gasteiger partial charge in [-0.3, -0.25) is 9.98 Å². The number of nitrogens with one attached hydrogen (secondary N) is 2. The molecule has 0 unspecified atom stereocenters. The summed E-state index contributed by atoms with van der Waals surface area (Å²) in [4.78, 5) is 11.2. The zero-order valence-corrected chi connectivity index (χ0v) is 15.9. The lowest BCUT2D eigenvalue weighted by atomic mass is 10.1. The van der Waals surface area contributed by atoms with Crippen molar-refractivity contribution in [3.05, 3.63) is 47.1 Å². The van der Waals surface area contributed by atoms with Gasteiger partial charge in [0.1, 0.15) is 0 Å². The van der Waals surface area contributed by atoms with Crippen molar-refractivity contribution < 1.29 is 0 Å². The Bertz CT molecular complexity index is 658. The molecule has 1 fully saturated rings. The molecule has 0 saturated carbocycles. The van der Waals surface area contributed by atoms with Gasteiger partial charge < -0.3 is 15.5 Å². The molecular formula is C19H27N5S. The number of rotatable bonds is 5. The summed E-state index contributed by atoms with van der Waals surface area (Å²) in [6, 6.07) is 9.02. The molecule has 1 aliphatic rings. The summed E-state index contributed by atoms with van der Waals surface area (Å²) in [7, 11) is 1.84. The molecule has 0 bridgehead atoms. The molecule has 0 aliphatic carbocycles. The van der Waals surface area contributed by atoms with Crippen molar-refractivity contribution in [3.8, 4) is 0 Å². The summed E-state index contributed by atoms with van der Waals surface area (Å²) in [5.41, 5.74) is 2.31. The van der Waals surface area contributed by atoms with Gasteiger partial charge in [-0.25, -0.2) is 0 Å². The van der Waals surface area contributed by atoms with Gasteiger partial charge in [0.15, 0.2) is 5.96 Å². The van der Waals surface area contributed by atoms with Crippen LogP contribution in [0.25, 0.3) is 0 Å². The Morgan fingerprint density at radius 2 is 2.16 bits per heavy atom. The van der Waals surface area contributed by atoms with Crippen LogP contribution in [0.2, 0.25) is 0 Å². The summed E-state index contributed by atoms with van der Waals surface area (Å²) in [5.74, 6) is 0.898. The monoisotopic (exact) mass is 357 g/mol. The molecule has 134 valence electrons. The van der Waals surface area contributed by atoms with Crippen LogP contribution in [0.5, 0.6) is 0 Å². The van der Waals surface area contributed by atoms with Crippen LogP contribution >= 0.6 is 11.3 Å². The van der Waals surface area contributed by atoms with Gasteiger partial charge >= 0.3 is 0 Å². The van der Waals surface area contributed by atoms with Crippen LogP contribution in [0.15, 0.2) is 40.8 Å². The molecule has 2 N–H and O–H groups in total. The molecule has 25 heavy (non-hydrogen) atoms. The number of guanidine groups is 1. The first-order valence-electron chi connectivity index (χ1n) is 8.92. The molecule has 0 atom stereocenters. The molecule has 0 amide bonds. The minimum Gasteiger partial charge on any atom is -0.363 e. The largest absolute Gasteiger partial charge is 0.363 e. The van der Waals surface area contributed by atoms with E-state index in [1.165, 1.54) is 10.6 Å². The number of hydrogen-bond acceptors (Lipinski definition) is 4. The SMILES string of the molecule is CN=C(NCCc1ccc(C)nc1)NC1CCN(c2cccs2)CC1. The van der Waals surface area contributed by atoms with E-state index in [0.29, 0.717) is 6.04 Å². The molecule has 0 radical (unpaired) electrons. The van der Waals surface area contributed by atoms with Crippen molar-refractivity contribution in [3.63, 3.8) is 0 Å². The van der Waals surface area contributed by atoms with Gasteiger partial charge in [-0.05, 0) is 55.3 Å². The van der Waals surface area contributed by atoms with Crippen molar-refractivity contribution in [1.29, 1.82) is 0 Å². The van der Waals surface area contributed by atoms with Gasteiger partial charge in [0.05, 0.1) is 5.00 Å². The van der Waals surface area contributed by atoms with Crippen LogP contribution in [0.3, 0.4) is 0 Å². The number of thiophene rings is 1. The molecular weight excluding hydrogens is 330 g/mol. The van der Waals surface area contributed by atoms with Gasteiger partial charge in [-0.15, -0.1) is 11.3 Å². The van der Waals surface area contributed by atoms with Crippen molar-refractivity contribution in [2.45, 2.75) is 32.2 Å². The number of anilines is 1. The van der Waals surface area contributed by atoms with Crippen molar-refractivity contribution in [2.75, 3.05) is 31.6 Å². The first kappa shape index (κ1) is 17.7. The van der Waals surface area contributed by atoms with Gasteiger partial charge in [-0.2, -0.15) is 0 Å². The second kappa shape index (κ2) is 8.85. The first-order chi connectivity index (χ1) is 12.2. The summed E-state index contributed by atoms with van der Waals surface area (Å²) >= 11 is 1.82. The summed E-state index contributed by atoms with van der Waals surface area (Å²) in [6.07, 6.45) is 5.18. The van der Waals surface area contributed by atoms with Gasteiger partial charge in [0, 0.05) is 44.6 Å². The molecule has 5 nitrogen and oxygen atoms in total. The minimum atomic E-state index is 0.489. The zero-order chi connectivity index (χ0) is 17.5. The summed E-state index contributed by atoms with van der Waals surface area (Å²) in [6.45, 7) is 5.07. The second-order valence-corrected chi connectivity index (χ2v) is 7.34. The van der Waals surface area contributed by atoms with Crippen LogP contribution in [0.1, 0.15) is 24.1 Å². The number of pyridine rings is 1. The van der Waals surface area contributed by atoms with E-state index >= 15 is 0 Å². The normalized spacial score (nSPS) is 16.1. The maximum atomic E-state index is 4.36. The number of aliphatic imine (C=N–C) groups is 1. The van der Waals surface area contributed by atoms with Crippen LogP contribution in [-0.4, -0.2) is 43.7 Å². The average Bonchev–Trinajstić information content (AvgIpc) is 3.18. The van der Waals surface area contributed by atoms with Crippen LogP contribution in [-0.2, 0) is 6.42 Å². The fourth-order valence-electron chi connectivity index (χ4n) is 3.05. The predicted molar refractivity (Wildman–Crippen MR) is 107 cm³/mol. The van der Waals surface area contributed by atoms with Crippen molar-refractivity contribution in [2.24, 2.45) is 4.99 Å². The van der Waals surface area contributed by atoms with Gasteiger partial charge in [-0.1, -0.05) is 6.07 Å². The summed E-state index contributed by atoms with van der Waals surface area (Å²) < 4.78 is 0. The number of piperidine rings is 1. The van der Waals surface area contributed by atoms with Crippen LogP contribution in [0.4, 0.5) is 5.00 Å². The third-order valence-electron chi connectivity index (χ3n) is 4.56. The standard InChI is InChI=1S/C19H27N5S/c1-15-5-6-16(14-22-15)7-10-21-19(20-2)23-17-8-11-24(12-9-17)18-4-3-13-25-18/h3-6,13-14,17H,7-12H2,1-2H3,(H2,20,21,23). The topological polar surface area (TPSA) is 52.6 Å². The van der Waals surface area contributed by atoms with E-state index in [-0.39, 0.29) is 0 Å². The Morgan fingerprint density at radius 3 is 2.80 bits per heavy atom. The van der Waals surface area contributed by atoms with E-state index in [4.69, 9.17) is 0 Å². The lowest BCUT2D eigenvalue weighted by molar-refractivity contribution is 0.463. The lowest BCUT2D eigenvalue weighted by Gasteiger charge is -2.33. The van der Waals surface area contributed by atoms with E-state index in [1.54, 1.807) is 0 Å². The Balaban J connectivity index is 1.40. The molecule has 2 aromatic rings. The Kier molecular flexibility index (Phi) is 6.28. The second-order valence-electron chi connectivity index (χ2n) is 6.41. The number of aryl methyl sites for hydroxylation is 1. The third kappa shape index (κ3) is 5.19. The highest BCUT2D eigenvalue weighted by atomic mass is 32.1. The van der Waals surface area contributed by atoms with Gasteiger partial charge in [0.2, 0.25) is 0 Å². The minimum absolute atomic E-state index is 0.489. The molecule has 6 heteroatoms. The maximum Gasteiger partial charge on any atom is 0.191 e. The highest BCUT2D eigenvalue weighted by Crippen LogP contribution is 2.24. The van der Waals surface area contributed by atoms with E-state index in [2.05, 4.69) is 55.2 Å². The molecule has 3 rings (SSSR count). The van der Waals surface area contributed by atoms with E-state index in [0.717, 1.165) is 50.6 Å². The van der Waals surface area contributed by atoms with Crippen molar-refractivity contribution in [1.82, 2.24) is 15.6 Å². The Hall–Kier alpha value is -2.08. The maximum absolute atomic E-state index is 4.36. The Labute approximate surface area is 154 Å². The Morgan fingerprint density at radius 1 is 1.32 bits per heavy atom. The molecule has 0 spiro atoms. The molecule has 2 aromatic heterocycles. The van der Waals surface area contributed by atoms with Crippen LogP contribution < -0.4 is 15.5 Å². The third-order valence-corrected chi connectivity index (χ3v) is 5.48. The quantitative estimate of drug-likeness (QED) is 0.638. The van der Waals surface area contributed by atoms with E-state index in [9.17, 15) is 0 Å². The zero-order valence-electron chi connectivity index (χ0n) is 15.0. The highest BCUT2D eigenvalue weighted by Gasteiger charge is 2.20. The van der Waals surface area contributed by atoms with Crippen LogP contribution in [0, 0.1) is 6.92 Å². The molecule has 3 heterocycles. The van der Waals surface area contributed by atoms with Gasteiger partial charge in [0.25, 0.3) is 0 Å². The molecule has 1 saturated heterocycles. The molecule has 0 aromatic carbocycles. The van der Waals surface area contributed by atoms with Crippen molar-refractivity contribution >= 4 is 22.3 Å². The predicted octanol–water partition coefficient (Wildman–Crippen LogP) is 2.83. The first-order valence-corrected chi connectivity index (χ1v) is 9.80. The lowest BCUT2D eigenvalue weighted by Crippen LogP contribution is -2.49. The number of hydrogen-bond donors (Lipinski definition) is 2. The number of aromatic nitrogens is 1. The fraction of sp³-hybridized carbons (Fsp3) is 0.474. The average molecular weight is 358 g/mol. The summed E-state index contributed by atoms with van der Waals surface area (Å²) in [5, 5.41) is 10.5. The highest BCUT2D eigenvalue weighted by molar-refractivity contribution is 7.14.